The number of carboxylic acid groups (broad SMARTS) is 6. The minimum atomic E-state index is -0.966. The molecular weight excluding hydrogens is 849 g/mol. The largest absolute Gasteiger partial charge is 0.477 e. The van der Waals surface area contributed by atoms with Crippen LogP contribution in [0.25, 0.3) is 41.4 Å². The normalized spacial score (nSPS) is 10.6. The van der Waals surface area contributed by atoms with Gasteiger partial charge in [-0.25, -0.2) is 28.8 Å². The molecule has 0 aliphatic rings. The first-order valence-corrected chi connectivity index (χ1v) is 20.7. The Bertz CT molecular complexity index is 2380. The second-order valence-electron chi connectivity index (χ2n) is 10.4. The lowest BCUT2D eigenvalue weighted by molar-refractivity contribution is 0.0691. The molecule has 7 aromatic heterocycles. The molecule has 0 aliphatic heterocycles. The van der Waals surface area contributed by atoms with E-state index >= 15 is 0 Å². The molecule has 0 unspecified atom stereocenters. The molecule has 0 fully saturated rings. The second-order valence-corrected chi connectivity index (χ2v) is 18.0. The molecule has 0 atom stereocenters. The average molecular weight is 871 g/mol. The molecule has 55 heavy (non-hydrogen) atoms. The number of rotatable bonds is 11. The number of aromatic carboxylic acids is 6. The highest BCUT2D eigenvalue weighted by Gasteiger charge is 2.15. The third-order valence-corrected chi connectivity index (χ3v) is 14.7. The van der Waals surface area contributed by atoms with Crippen LogP contribution < -0.4 is 0 Å². The van der Waals surface area contributed by atoms with Crippen LogP contribution in [0.5, 0.6) is 0 Å². The summed E-state index contributed by atoms with van der Waals surface area (Å²) < 4.78 is 0. The Balaban J connectivity index is 0.000000160. The first-order valence-electron chi connectivity index (χ1n) is 15.0. The molecule has 0 aromatic carbocycles. The monoisotopic (exact) mass is 870 g/mol. The summed E-state index contributed by atoms with van der Waals surface area (Å²) in [6.07, 6.45) is 3.54. The first-order chi connectivity index (χ1) is 26.2. The van der Waals surface area contributed by atoms with Crippen molar-refractivity contribution >= 4 is 127 Å². The molecule has 0 saturated heterocycles. The molecule has 280 valence electrons. The Kier molecular flexibility index (Phi) is 13.4. The van der Waals surface area contributed by atoms with Crippen LogP contribution in [-0.4, -0.2) is 66.5 Å². The van der Waals surface area contributed by atoms with Gasteiger partial charge in [-0.05, 0) is 97.1 Å². The summed E-state index contributed by atoms with van der Waals surface area (Å²) in [5, 5.41) is 52.9. The summed E-state index contributed by atoms with van der Waals surface area (Å²) in [4.78, 5) is 73.2. The molecule has 7 rings (SSSR count). The van der Waals surface area contributed by atoms with Crippen LogP contribution in [0, 0.1) is 0 Å². The molecule has 7 aromatic rings. The van der Waals surface area contributed by atoms with Gasteiger partial charge in [0.2, 0.25) is 0 Å². The molecule has 0 saturated carbocycles. The van der Waals surface area contributed by atoms with Gasteiger partial charge in [-0.1, -0.05) is 0 Å². The van der Waals surface area contributed by atoms with E-state index in [1.54, 1.807) is 72.8 Å². The molecule has 7 heterocycles. The van der Waals surface area contributed by atoms with E-state index in [2.05, 4.69) is 0 Å². The molecule has 0 amide bonds. The van der Waals surface area contributed by atoms with Gasteiger partial charge in [-0.2, -0.15) is 0 Å². The highest BCUT2D eigenvalue weighted by molar-refractivity contribution is 7.27. The zero-order valence-corrected chi connectivity index (χ0v) is 32.9. The van der Waals surface area contributed by atoms with Crippen molar-refractivity contribution in [1.82, 2.24) is 0 Å². The van der Waals surface area contributed by atoms with Gasteiger partial charge in [0.15, 0.2) is 0 Å². The Morgan fingerprint density at radius 3 is 0.709 bits per heavy atom. The third-order valence-electron chi connectivity index (χ3n) is 6.69. The van der Waals surface area contributed by atoms with Gasteiger partial charge in [0.1, 0.15) is 29.3 Å². The van der Waals surface area contributed by atoms with Gasteiger partial charge in [-0.3, -0.25) is 0 Å². The molecule has 0 aliphatic carbocycles. The molecule has 19 heteroatoms. The van der Waals surface area contributed by atoms with Crippen LogP contribution in [0.2, 0.25) is 0 Å². The summed E-state index contributed by atoms with van der Waals surface area (Å²) in [6.45, 7) is 0. The SMILES string of the molecule is O=C(O)c1ccc(-c2ccc(-c3ccc(C(=O)O)s3)s2)s1.O=C(O)c1ccc(-c2ccc(C(=O)O)s2)s1.O=C(O)c1ccc(/C=C/c2ccc(C(=O)O)s2)s1. The van der Waals surface area contributed by atoms with Gasteiger partial charge >= 0.3 is 35.8 Å². The van der Waals surface area contributed by atoms with Crippen molar-refractivity contribution in [3.05, 3.63) is 124 Å². The van der Waals surface area contributed by atoms with Gasteiger partial charge in [0.05, 0.1) is 0 Å². The summed E-state index contributed by atoms with van der Waals surface area (Å²) in [5.41, 5.74) is 0. The van der Waals surface area contributed by atoms with Crippen LogP contribution in [0.1, 0.15) is 67.8 Å². The van der Waals surface area contributed by atoms with Gasteiger partial charge in [0.25, 0.3) is 0 Å². The van der Waals surface area contributed by atoms with Crippen molar-refractivity contribution in [1.29, 1.82) is 0 Å². The minimum absolute atomic E-state index is 0.250. The minimum Gasteiger partial charge on any atom is -0.477 e. The fourth-order valence-corrected chi connectivity index (χ4v) is 10.4. The predicted octanol–water partition coefficient (Wildman–Crippen LogP) is 10.9. The average Bonchev–Trinajstić information content (AvgIpc) is 3.99. The standard InChI is InChI=1S/C14H8O4S3.C12H8O4S2.C10H6O4S2/c15-13(16)11-5-3-9(20-11)7-1-2-8(19-7)10-4-6-12(21-10)14(17)18;13-11(14)9-5-3-7(17-9)1-2-8-4-6-10(18-8)12(15)16;11-9(12)7-3-1-5(15-7)6-2-4-8(16-6)10(13)14/h1-6H,(H,15,16)(H,17,18);1-6H,(H,13,14)(H,15,16);1-4H,(H,11,12)(H,13,14)/b;2-1+;. The van der Waals surface area contributed by atoms with E-state index in [-0.39, 0.29) is 19.5 Å². The van der Waals surface area contributed by atoms with Crippen molar-refractivity contribution in [2.75, 3.05) is 0 Å². The maximum Gasteiger partial charge on any atom is 0.345 e. The molecule has 6 N–H and O–H groups in total. The molecular formula is C36H22O12S7. The van der Waals surface area contributed by atoms with Crippen molar-refractivity contribution in [2.24, 2.45) is 0 Å². The van der Waals surface area contributed by atoms with Crippen LogP contribution in [-0.2, 0) is 0 Å². The van der Waals surface area contributed by atoms with E-state index < -0.39 is 35.8 Å². The zero-order chi connectivity index (χ0) is 39.8. The quantitative estimate of drug-likeness (QED) is 0.0714. The molecule has 12 nitrogen and oxygen atoms in total. The molecule has 0 radical (unpaired) electrons. The fourth-order valence-electron chi connectivity index (χ4n) is 4.22. The lowest BCUT2D eigenvalue weighted by Gasteiger charge is -1.90. The smallest absolute Gasteiger partial charge is 0.345 e. The lowest BCUT2D eigenvalue weighted by atomic mass is 10.3. The number of hydrogen-bond acceptors (Lipinski definition) is 13. The van der Waals surface area contributed by atoms with Crippen molar-refractivity contribution < 1.29 is 59.4 Å². The van der Waals surface area contributed by atoms with E-state index in [1.165, 1.54) is 68.8 Å². The first kappa shape index (κ1) is 40.6. The third kappa shape index (κ3) is 10.8. The Labute approximate surface area is 337 Å². The summed E-state index contributed by atoms with van der Waals surface area (Å²) in [7, 11) is 0. The van der Waals surface area contributed by atoms with Crippen LogP contribution >= 0.6 is 79.4 Å². The van der Waals surface area contributed by atoms with E-state index in [4.69, 9.17) is 30.6 Å². The van der Waals surface area contributed by atoms with E-state index in [0.717, 1.165) is 61.7 Å². The highest BCUT2D eigenvalue weighted by Crippen LogP contribution is 2.40. The van der Waals surface area contributed by atoms with Crippen LogP contribution in [0.3, 0.4) is 0 Å². The van der Waals surface area contributed by atoms with E-state index in [1.807, 2.05) is 12.1 Å². The lowest BCUT2D eigenvalue weighted by Crippen LogP contribution is -1.89. The summed E-state index contributed by atoms with van der Waals surface area (Å²) in [5.74, 6) is -5.66. The Morgan fingerprint density at radius 1 is 0.291 bits per heavy atom. The fraction of sp³-hybridized carbons (Fsp3) is 0. The number of thiophene rings is 7. The highest BCUT2D eigenvalue weighted by atomic mass is 32.1. The summed E-state index contributed by atoms with van der Waals surface area (Å²) in [6, 6.07) is 23.6. The van der Waals surface area contributed by atoms with Gasteiger partial charge in [-0.15, -0.1) is 79.4 Å². The van der Waals surface area contributed by atoms with Gasteiger partial charge in [0, 0.05) is 39.0 Å². The topological polar surface area (TPSA) is 224 Å². The maximum atomic E-state index is 10.9. The maximum absolute atomic E-state index is 10.9. The van der Waals surface area contributed by atoms with Gasteiger partial charge < -0.3 is 30.6 Å². The second kappa shape index (κ2) is 18.2. The number of carboxylic acids is 6. The van der Waals surface area contributed by atoms with Crippen LogP contribution in [0.4, 0.5) is 0 Å². The van der Waals surface area contributed by atoms with E-state index in [9.17, 15) is 28.8 Å². The zero-order valence-electron chi connectivity index (χ0n) is 27.2. The Morgan fingerprint density at radius 2 is 0.491 bits per heavy atom. The van der Waals surface area contributed by atoms with Crippen molar-refractivity contribution in [3.8, 4) is 29.3 Å². The summed E-state index contributed by atoms with van der Waals surface area (Å²) >= 11 is 8.61. The van der Waals surface area contributed by atoms with Crippen LogP contribution in [0.15, 0.2) is 84.9 Å². The number of carbonyl (C=O) groups is 6. The number of hydrogen-bond donors (Lipinski definition) is 6. The molecule has 0 bridgehead atoms. The van der Waals surface area contributed by atoms with E-state index in [0.29, 0.717) is 9.75 Å². The van der Waals surface area contributed by atoms with Crippen molar-refractivity contribution in [2.45, 2.75) is 0 Å². The van der Waals surface area contributed by atoms with Crippen molar-refractivity contribution in [3.63, 3.8) is 0 Å². The Hall–Kier alpha value is -5.54. The molecule has 0 spiro atoms. The predicted molar refractivity (Wildman–Crippen MR) is 218 cm³/mol.